The molecule has 4 rings (SSSR count). The van der Waals surface area contributed by atoms with Crippen LogP contribution in [0.25, 0.3) is 0 Å². The van der Waals surface area contributed by atoms with Crippen molar-refractivity contribution in [3.63, 3.8) is 0 Å². The van der Waals surface area contributed by atoms with Gasteiger partial charge in [-0.2, -0.15) is 0 Å². The first kappa shape index (κ1) is 126. The van der Waals surface area contributed by atoms with Crippen LogP contribution >= 0.6 is 0 Å². The van der Waals surface area contributed by atoms with Gasteiger partial charge in [0, 0.05) is 34.0 Å². The maximum atomic E-state index is 15.0. The van der Waals surface area contributed by atoms with Gasteiger partial charge in [-0.15, -0.1) is 0 Å². The normalized spacial score (nSPS) is 17.3. The highest BCUT2D eigenvalue weighted by Gasteiger charge is 2.53. The number of ketones is 16. The molecule has 25 heteroatoms. The fourth-order valence-corrected chi connectivity index (χ4v) is 14.0. The zero-order valence-electron chi connectivity index (χ0n) is 84.2. The van der Waals surface area contributed by atoms with Crippen LogP contribution in [0.15, 0.2) is 0 Å². The van der Waals surface area contributed by atoms with E-state index in [1.165, 1.54) is 20.8 Å². The summed E-state index contributed by atoms with van der Waals surface area (Å²) in [6.45, 7) is 58.1. The predicted octanol–water partition coefficient (Wildman–Crippen LogP) is 25.2. The van der Waals surface area contributed by atoms with Gasteiger partial charge >= 0.3 is 0 Å². The molecule has 0 saturated heterocycles. The van der Waals surface area contributed by atoms with E-state index in [1.807, 2.05) is 76.2 Å². The summed E-state index contributed by atoms with van der Waals surface area (Å²) in [7, 11) is 0. The Morgan fingerprint density at radius 1 is 0.278 bits per heavy atom. The number of carbonyl (C=O) groups excluding carboxylic acids is 16. The van der Waals surface area contributed by atoms with Crippen molar-refractivity contribution in [2.24, 2.45) is 62.1 Å². The van der Waals surface area contributed by atoms with Crippen molar-refractivity contribution in [1.29, 1.82) is 0 Å². The second-order valence-electron chi connectivity index (χ2n) is 43.4. The van der Waals surface area contributed by atoms with E-state index in [2.05, 4.69) is 27.7 Å². The second-order valence-corrected chi connectivity index (χ2v) is 43.4. The van der Waals surface area contributed by atoms with Crippen molar-refractivity contribution in [2.45, 2.75) is 485 Å². The van der Waals surface area contributed by atoms with E-state index >= 15 is 0 Å². The molecule has 16 nitrogen and oxygen atoms in total. The zero-order valence-corrected chi connectivity index (χ0v) is 84.2. The molecule has 0 aromatic heterocycles. The molecule has 126 heavy (non-hydrogen) atoms. The van der Waals surface area contributed by atoms with E-state index in [9.17, 15) is 116 Å². The Morgan fingerprint density at radius 3 is 0.706 bits per heavy atom. The summed E-state index contributed by atoms with van der Waals surface area (Å²) in [5.41, 5.74) is -19.3. The highest BCUT2D eigenvalue weighted by atomic mass is 19.2. The Balaban J connectivity index is -0.000000686. The quantitative estimate of drug-likeness (QED) is 0.0421. The van der Waals surface area contributed by atoms with Gasteiger partial charge in [0.1, 0.15) is 40.5 Å². The molecule has 0 N–H and O–H groups in total. The topological polar surface area (TPSA) is 273 Å². The van der Waals surface area contributed by atoms with Crippen LogP contribution in [0.4, 0.5) is 39.5 Å². The largest absolute Gasteiger partial charge is 0.300 e. The van der Waals surface area contributed by atoms with Crippen molar-refractivity contribution < 1.29 is 116 Å². The third-order valence-electron chi connectivity index (χ3n) is 25.3. The van der Waals surface area contributed by atoms with Gasteiger partial charge in [0.2, 0.25) is 0 Å². The lowest BCUT2D eigenvalue weighted by Gasteiger charge is -2.39. The van der Waals surface area contributed by atoms with E-state index in [1.54, 1.807) is 111 Å². The van der Waals surface area contributed by atoms with Crippen molar-refractivity contribution >= 4 is 92.5 Å². The molecule has 0 unspecified atom stereocenters. The average Bonchev–Trinajstić information content (AvgIpc) is 0.794. The molecule has 0 radical (unpaired) electrons. The minimum Gasteiger partial charge on any atom is -0.300 e. The highest BCUT2D eigenvalue weighted by Crippen LogP contribution is 2.47. The molecule has 0 aromatic carbocycles. The maximum absolute atomic E-state index is 15.0. The van der Waals surface area contributed by atoms with Crippen LogP contribution in [0.1, 0.15) is 434 Å². The maximum Gasteiger partial charge on any atom is 0.177 e. The van der Waals surface area contributed by atoms with E-state index < -0.39 is 158 Å². The van der Waals surface area contributed by atoms with Crippen LogP contribution in [0, 0.1) is 62.1 Å². The number of hydrogen-bond acceptors (Lipinski definition) is 16. The lowest BCUT2D eigenvalue weighted by molar-refractivity contribution is -0.147. The molecule has 4 saturated carbocycles. The summed E-state index contributed by atoms with van der Waals surface area (Å²) in [6, 6.07) is 0. The number of alkyl halides is 9. The fraction of sp³-hybridized carbons (Fsp3) is 0.842. The molecule has 0 aromatic rings. The summed E-state index contributed by atoms with van der Waals surface area (Å²) >= 11 is 0. The van der Waals surface area contributed by atoms with Gasteiger partial charge in [0.05, 0.1) is 51.4 Å². The van der Waals surface area contributed by atoms with Gasteiger partial charge < -0.3 is 0 Å². The molecule has 0 aliphatic heterocycles. The molecule has 0 bridgehead atoms. The number of rotatable bonds is 35. The molecule has 0 spiro atoms. The van der Waals surface area contributed by atoms with E-state index in [0.717, 1.165) is 12.8 Å². The standard InChI is InChI=1S/C19H30F2O2.C17H30F2O2.C15H22F2O2.C13H22F2O2.C10H17FO2.C10H18O2.C9H16O2.C8H14O2/c1-16(2)5-9-18(20,10-6-16)14(22)13-15(23)19(21)11-7-17(3,4)8-12-19;1-10(2)16(18,11(3)4)14(20)9-15(21)17(19,12(5)6)13(7)8;16-14(7-3-1-4-8-14)12(18)11-13(19)15(17)9-5-2-6-10-15;1-5-12(14,6-2)10(16)9-11(17)13(15,7-3)8-4;1-9(2,3)7(12)6-8(13)10(4,5)11;1-7(2)8(11)6-9(12)10(3,4)5;1-5-7(10)6-8(11)9(2,3)4;1-6(9)5-7(10)8(2,3)4/h5-13H2,1-4H3;10-13H,9H2,1-8H3;1-11H2;5-9H2,1-4H3;6H2,1-5H3;7H,6H2,1-5H3;5-6H2,1-4H3;5H2,1-4H3. The van der Waals surface area contributed by atoms with Crippen molar-refractivity contribution in [3.05, 3.63) is 0 Å². The van der Waals surface area contributed by atoms with Gasteiger partial charge in [0.15, 0.2) is 103 Å². The Hall–Kier alpha value is -5.91. The van der Waals surface area contributed by atoms with Crippen molar-refractivity contribution in [3.8, 4) is 0 Å². The highest BCUT2D eigenvalue weighted by molar-refractivity contribution is 6.09. The monoisotopic (exact) mass is 1810 g/mol. The summed E-state index contributed by atoms with van der Waals surface area (Å²) in [5, 5.41) is 0. The minimum absolute atomic E-state index is 0.0139. The Bertz CT molecular complexity index is 3390. The first-order valence-electron chi connectivity index (χ1n) is 46.1. The number of halogens is 9. The van der Waals surface area contributed by atoms with E-state index in [-0.39, 0.29) is 176 Å². The van der Waals surface area contributed by atoms with Crippen LogP contribution in [0.2, 0.25) is 0 Å². The van der Waals surface area contributed by atoms with E-state index in [4.69, 9.17) is 0 Å². The van der Waals surface area contributed by atoms with Gasteiger partial charge in [-0.1, -0.05) is 227 Å². The first-order chi connectivity index (χ1) is 56.5. The summed E-state index contributed by atoms with van der Waals surface area (Å²) in [6.07, 6.45) is 6.45. The lowest BCUT2D eigenvalue weighted by atomic mass is 9.68. The molecule has 4 aliphatic rings. The average molecular weight is 1810 g/mol. The van der Waals surface area contributed by atoms with Gasteiger partial charge in [-0.05, 0) is 184 Å². The predicted molar refractivity (Wildman–Crippen MR) is 483 cm³/mol. The summed E-state index contributed by atoms with van der Waals surface area (Å²) in [5.74, 6) is -9.02. The first-order valence-corrected chi connectivity index (χ1v) is 46.1. The molecule has 732 valence electrons. The van der Waals surface area contributed by atoms with Crippen LogP contribution in [0.3, 0.4) is 0 Å². The number of carbonyl (C=O) groups is 16. The second kappa shape index (κ2) is 52.4. The number of hydrogen-bond donors (Lipinski definition) is 0. The molecule has 0 amide bonds. The molecule has 0 atom stereocenters. The molecular weight excluding hydrogens is 1640 g/mol. The Morgan fingerprint density at radius 2 is 0.500 bits per heavy atom. The molecule has 0 heterocycles. The van der Waals surface area contributed by atoms with Crippen LogP contribution in [-0.4, -0.2) is 144 Å². The van der Waals surface area contributed by atoms with Gasteiger partial charge in [-0.25, -0.2) is 39.5 Å². The number of Topliss-reactive ketones (excluding diaryl/α,β-unsaturated/α-hetero) is 16. The third-order valence-corrected chi connectivity index (χ3v) is 25.3. The van der Waals surface area contributed by atoms with Gasteiger partial charge in [0.25, 0.3) is 0 Å². The Kier molecular flexibility index (Phi) is 52.5. The minimum atomic E-state index is -2.09. The van der Waals surface area contributed by atoms with Crippen LogP contribution in [-0.2, 0) is 76.7 Å². The zero-order chi connectivity index (χ0) is 101. The molecule has 4 aliphatic carbocycles. The SMILES string of the molecule is CC(=O)CC(=O)C(C)(C)C.CC(C)(C)C(=O)CC(=O)C(C)(C)F.CC(C)C(=O)CC(=O)C(C)(C)C.CC(C)C(F)(C(=O)CC(=O)C(F)(C(C)C)C(C)C)C(C)C.CC1(C)CCC(F)(C(=O)CC(=O)C2(F)CCC(C)(C)CC2)CC1.CCC(=O)CC(=O)C(C)(C)C.CCC(F)(CC)C(=O)CC(=O)C(F)(CC)CC.O=C(CC(=O)C1(F)CCCCC1)C1(F)CCCCC1. The van der Waals surface area contributed by atoms with Crippen LogP contribution < -0.4 is 0 Å². The Labute approximate surface area is 752 Å². The van der Waals surface area contributed by atoms with Gasteiger partial charge in [-0.3, -0.25) is 76.7 Å². The smallest absolute Gasteiger partial charge is 0.177 e. The molecular formula is C101H169F9O16. The van der Waals surface area contributed by atoms with Crippen molar-refractivity contribution in [2.75, 3.05) is 0 Å². The van der Waals surface area contributed by atoms with Crippen LogP contribution in [0.5, 0.6) is 0 Å². The lowest BCUT2D eigenvalue weighted by Crippen LogP contribution is -2.50. The molecule has 4 fully saturated rings. The summed E-state index contributed by atoms with van der Waals surface area (Å²) < 4.78 is 129. The van der Waals surface area contributed by atoms with E-state index in [0.29, 0.717) is 57.8 Å². The van der Waals surface area contributed by atoms with Crippen molar-refractivity contribution in [1.82, 2.24) is 0 Å². The summed E-state index contributed by atoms with van der Waals surface area (Å²) in [4.78, 5) is 185. The fourth-order valence-electron chi connectivity index (χ4n) is 14.0. The third kappa shape index (κ3) is 43.0.